The third-order valence-electron chi connectivity index (χ3n) is 7.41. The number of piperidine rings is 1. The number of rotatable bonds is 0. The summed E-state index contributed by atoms with van der Waals surface area (Å²) in [5, 5.41) is 5.24. The number of allylic oxidation sites excluding steroid dienone is 1. The van der Waals surface area contributed by atoms with Gasteiger partial charge in [0.1, 0.15) is 11.3 Å². The second-order valence-electron chi connectivity index (χ2n) is 9.09. The number of para-hydroxylation sites is 1. The maximum absolute atomic E-state index is 5.70. The van der Waals surface area contributed by atoms with Crippen LogP contribution >= 0.6 is 0 Å². The zero-order chi connectivity index (χ0) is 18.1. The van der Waals surface area contributed by atoms with Crippen LogP contribution in [0.3, 0.4) is 0 Å². The highest BCUT2D eigenvalue weighted by Gasteiger charge is 2.38. The zero-order valence-corrected chi connectivity index (χ0v) is 16.5. The van der Waals surface area contributed by atoms with E-state index in [4.69, 9.17) is 4.42 Å². The average Bonchev–Trinajstić information content (AvgIpc) is 3.11. The van der Waals surface area contributed by atoms with E-state index in [2.05, 4.69) is 29.6 Å². The normalized spacial score (nSPS) is 32.0. The van der Waals surface area contributed by atoms with Crippen LogP contribution in [0.5, 0.6) is 0 Å². The molecule has 1 saturated heterocycles. The minimum absolute atomic E-state index is 0.906. The van der Waals surface area contributed by atoms with Crippen LogP contribution in [0.1, 0.15) is 75.5 Å². The predicted molar refractivity (Wildman–Crippen MR) is 113 cm³/mol. The van der Waals surface area contributed by atoms with E-state index in [0.29, 0.717) is 0 Å². The van der Waals surface area contributed by atoms with Crippen molar-refractivity contribution >= 4 is 17.0 Å². The van der Waals surface area contributed by atoms with Crippen molar-refractivity contribution in [1.82, 2.24) is 5.32 Å². The van der Waals surface area contributed by atoms with Gasteiger partial charge in [-0.25, -0.2) is 0 Å². The van der Waals surface area contributed by atoms with Gasteiger partial charge in [-0.05, 0) is 68.9 Å². The molecule has 0 amide bonds. The molecule has 1 aromatic heterocycles. The van der Waals surface area contributed by atoms with Crippen molar-refractivity contribution in [1.29, 1.82) is 0 Å². The highest BCUT2D eigenvalue weighted by Crippen LogP contribution is 2.40. The highest BCUT2D eigenvalue weighted by molar-refractivity contribution is 5.85. The van der Waals surface area contributed by atoms with Crippen molar-refractivity contribution in [2.24, 2.45) is 11.8 Å². The van der Waals surface area contributed by atoms with Crippen LogP contribution in [-0.2, 0) is 6.42 Å². The van der Waals surface area contributed by atoms with E-state index in [1.165, 1.54) is 62.3 Å². The Labute approximate surface area is 163 Å². The SMILES string of the molecule is C1=Cc2oc3ccccc3c2CC1.C1CCC2NC3CCCCC3CC2C1. The maximum atomic E-state index is 5.70. The first-order chi connectivity index (χ1) is 13.4. The van der Waals surface area contributed by atoms with E-state index in [1.54, 1.807) is 6.42 Å². The molecule has 4 unspecified atom stereocenters. The first kappa shape index (κ1) is 17.6. The fraction of sp³-hybridized carbons (Fsp3) is 0.600. The molecule has 4 aliphatic rings. The van der Waals surface area contributed by atoms with E-state index in [-0.39, 0.29) is 0 Å². The fourth-order valence-electron chi connectivity index (χ4n) is 6.01. The van der Waals surface area contributed by atoms with Gasteiger partial charge in [0.05, 0.1) is 0 Å². The van der Waals surface area contributed by atoms with Crippen molar-refractivity contribution in [2.75, 3.05) is 0 Å². The van der Waals surface area contributed by atoms with Gasteiger partial charge < -0.3 is 9.73 Å². The Kier molecular flexibility index (Phi) is 5.09. The van der Waals surface area contributed by atoms with E-state index >= 15 is 0 Å². The molecule has 1 aromatic carbocycles. The minimum atomic E-state index is 0.906. The van der Waals surface area contributed by atoms with Gasteiger partial charge in [0.2, 0.25) is 0 Å². The average molecular weight is 364 g/mol. The minimum Gasteiger partial charge on any atom is -0.456 e. The molecule has 27 heavy (non-hydrogen) atoms. The molecule has 1 aliphatic heterocycles. The van der Waals surface area contributed by atoms with Crippen molar-refractivity contribution in [2.45, 2.75) is 82.7 Å². The molecular formula is C25H33NO. The largest absolute Gasteiger partial charge is 0.456 e. The lowest BCUT2D eigenvalue weighted by Crippen LogP contribution is -2.54. The van der Waals surface area contributed by atoms with Gasteiger partial charge in [0.25, 0.3) is 0 Å². The van der Waals surface area contributed by atoms with E-state index in [0.717, 1.165) is 48.1 Å². The lowest BCUT2D eigenvalue weighted by Gasteiger charge is -2.47. The fourth-order valence-corrected chi connectivity index (χ4v) is 6.01. The van der Waals surface area contributed by atoms with Gasteiger partial charge in [-0.3, -0.25) is 0 Å². The van der Waals surface area contributed by atoms with Gasteiger partial charge in [0, 0.05) is 23.0 Å². The number of nitrogens with one attached hydrogen (secondary N) is 1. The Bertz CT molecular complexity index is 762. The van der Waals surface area contributed by atoms with Gasteiger partial charge >= 0.3 is 0 Å². The number of aryl methyl sites for hydroxylation is 1. The molecular weight excluding hydrogens is 330 g/mol. The molecule has 0 bridgehead atoms. The van der Waals surface area contributed by atoms with Crippen LogP contribution in [0, 0.1) is 11.8 Å². The monoisotopic (exact) mass is 363 g/mol. The molecule has 0 spiro atoms. The number of hydrogen-bond donors (Lipinski definition) is 1. The summed E-state index contributed by atoms with van der Waals surface area (Å²) in [6.45, 7) is 0. The summed E-state index contributed by atoms with van der Waals surface area (Å²) in [7, 11) is 0. The van der Waals surface area contributed by atoms with Crippen molar-refractivity contribution < 1.29 is 4.42 Å². The summed E-state index contributed by atoms with van der Waals surface area (Å²) in [6.07, 6.45) is 20.0. The molecule has 3 fully saturated rings. The summed E-state index contributed by atoms with van der Waals surface area (Å²) >= 11 is 0. The van der Waals surface area contributed by atoms with Crippen molar-refractivity contribution in [3.8, 4) is 0 Å². The van der Waals surface area contributed by atoms with Gasteiger partial charge in [-0.2, -0.15) is 0 Å². The number of hydrogen-bond acceptors (Lipinski definition) is 2. The second kappa shape index (κ2) is 7.83. The number of fused-ring (bicyclic) bond motifs is 5. The number of furan rings is 1. The lowest BCUT2D eigenvalue weighted by atomic mass is 9.69. The van der Waals surface area contributed by atoms with Crippen LogP contribution in [-0.4, -0.2) is 12.1 Å². The van der Waals surface area contributed by atoms with Gasteiger partial charge in [-0.15, -0.1) is 0 Å². The molecule has 3 aliphatic carbocycles. The number of benzene rings is 1. The predicted octanol–water partition coefficient (Wildman–Crippen LogP) is 6.49. The summed E-state index contributed by atoms with van der Waals surface area (Å²) in [5.74, 6) is 3.14. The summed E-state index contributed by atoms with van der Waals surface area (Å²) in [4.78, 5) is 0. The molecule has 0 radical (unpaired) electrons. The summed E-state index contributed by atoms with van der Waals surface area (Å²) in [6, 6.07) is 10.1. The smallest absolute Gasteiger partial charge is 0.135 e. The Balaban J connectivity index is 0.000000119. The molecule has 2 heteroatoms. The third kappa shape index (κ3) is 3.61. The Morgan fingerprint density at radius 3 is 2.33 bits per heavy atom. The standard InChI is InChI=1S/C13H23N.C12H10O/c1-3-7-12-10(5-1)9-11-6-2-4-8-13(11)14-12;1-3-7-11-9(5-1)10-6-2-4-8-12(10)13-11/h10-14H,1-9H2;1,3-5,7-8H,2,6H2. The quantitative estimate of drug-likeness (QED) is 0.579. The van der Waals surface area contributed by atoms with Crippen LogP contribution < -0.4 is 5.32 Å². The molecule has 1 N–H and O–H groups in total. The molecule has 4 atom stereocenters. The Morgan fingerprint density at radius 1 is 0.852 bits per heavy atom. The first-order valence-electron chi connectivity index (χ1n) is 11.3. The second-order valence-corrected chi connectivity index (χ2v) is 9.09. The zero-order valence-electron chi connectivity index (χ0n) is 16.5. The van der Waals surface area contributed by atoms with E-state index in [9.17, 15) is 0 Å². The van der Waals surface area contributed by atoms with Crippen molar-refractivity contribution in [3.05, 3.63) is 41.7 Å². The van der Waals surface area contributed by atoms with Crippen LogP contribution in [0.2, 0.25) is 0 Å². The summed E-state index contributed by atoms with van der Waals surface area (Å²) in [5.41, 5.74) is 2.39. The Hall–Kier alpha value is -1.54. The van der Waals surface area contributed by atoms with Gasteiger partial charge in [0.15, 0.2) is 0 Å². The molecule has 6 rings (SSSR count). The highest BCUT2D eigenvalue weighted by atomic mass is 16.3. The van der Waals surface area contributed by atoms with Crippen LogP contribution in [0.25, 0.3) is 17.0 Å². The van der Waals surface area contributed by atoms with Gasteiger partial charge in [-0.1, -0.05) is 50.0 Å². The maximum Gasteiger partial charge on any atom is 0.135 e. The van der Waals surface area contributed by atoms with E-state index in [1.807, 2.05) is 12.1 Å². The first-order valence-corrected chi connectivity index (χ1v) is 11.3. The van der Waals surface area contributed by atoms with Crippen LogP contribution in [0.15, 0.2) is 34.8 Å². The molecule has 2 heterocycles. The molecule has 2 nitrogen and oxygen atoms in total. The van der Waals surface area contributed by atoms with Crippen LogP contribution in [0.4, 0.5) is 0 Å². The molecule has 2 saturated carbocycles. The van der Waals surface area contributed by atoms with Crippen molar-refractivity contribution in [3.63, 3.8) is 0 Å². The van der Waals surface area contributed by atoms with E-state index < -0.39 is 0 Å². The molecule has 144 valence electrons. The molecule has 2 aromatic rings. The summed E-state index contributed by atoms with van der Waals surface area (Å²) < 4.78 is 5.70. The Morgan fingerprint density at radius 2 is 1.56 bits per heavy atom. The lowest BCUT2D eigenvalue weighted by molar-refractivity contribution is 0.0955. The topological polar surface area (TPSA) is 25.2 Å². The third-order valence-corrected chi connectivity index (χ3v) is 7.41.